The number of hydrogen-bond acceptors (Lipinski definition) is 4. The van der Waals surface area contributed by atoms with E-state index in [2.05, 4.69) is 25.8 Å². The normalized spacial score (nSPS) is 30.6. The van der Waals surface area contributed by atoms with Crippen LogP contribution < -0.4 is 5.73 Å². The molecule has 2 atom stereocenters. The van der Waals surface area contributed by atoms with E-state index in [-0.39, 0.29) is 5.54 Å². The predicted octanol–water partition coefficient (Wildman–Crippen LogP) is 2.50. The minimum Gasteiger partial charge on any atom is -0.378 e. The molecule has 0 radical (unpaired) electrons. The summed E-state index contributed by atoms with van der Waals surface area (Å²) in [7, 11) is 0. The van der Waals surface area contributed by atoms with Gasteiger partial charge in [0.1, 0.15) is 5.01 Å². The lowest BCUT2D eigenvalue weighted by atomic mass is 9.87. The van der Waals surface area contributed by atoms with E-state index in [9.17, 15) is 0 Å². The lowest BCUT2D eigenvalue weighted by Crippen LogP contribution is -2.45. The summed E-state index contributed by atoms with van der Waals surface area (Å²) in [6.45, 7) is 7.06. The Hall–Kier alpha value is -0.450. The Morgan fingerprint density at radius 1 is 1.56 bits per heavy atom. The zero-order chi connectivity index (χ0) is 11.8. The van der Waals surface area contributed by atoms with Crippen LogP contribution in [-0.4, -0.2) is 17.7 Å². The Morgan fingerprint density at radius 3 is 2.88 bits per heavy atom. The van der Waals surface area contributed by atoms with Crippen molar-refractivity contribution in [2.75, 3.05) is 6.61 Å². The zero-order valence-electron chi connectivity index (χ0n) is 10.2. The second-order valence-corrected chi connectivity index (χ2v) is 5.88. The molecule has 4 heteroatoms. The van der Waals surface area contributed by atoms with Crippen molar-refractivity contribution in [3.8, 4) is 0 Å². The van der Waals surface area contributed by atoms with E-state index in [1.54, 1.807) is 11.3 Å². The lowest BCUT2D eigenvalue weighted by molar-refractivity contribution is -0.0214. The van der Waals surface area contributed by atoms with Gasteiger partial charge in [-0.25, -0.2) is 4.98 Å². The van der Waals surface area contributed by atoms with Gasteiger partial charge in [0.15, 0.2) is 0 Å². The highest BCUT2D eigenvalue weighted by atomic mass is 32.1. The first-order chi connectivity index (χ1) is 7.55. The van der Waals surface area contributed by atoms with Gasteiger partial charge in [0.2, 0.25) is 0 Å². The van der Waals surface area contributed by atoms with Gasteiger partial charge in [-0.05, 0) is 33.1 Å². The Kier molecular flexibility index (Phi) is 3.33. The van der Waals surface area contributed by atoms with Crippen LogP contribution in [0.3, 0.4) is 0 Å². The third-order valence-electron chi connectivity index (χ3n) is 3.40. The summed E-state index contributed by atoms with van der Waals surface area (Å²) in [4.78, 5) is 5.89. The maximum absolute atomic E-state index is 6.50. The molecular weight excluding hydrogens is 220 g/mol. The number of ether oxygens (including phenoxy) is 1. The fourth-order valence-corrected chi connectivity index (χ4v) is 3.17. The minimum atomic E-state index is -0.261. The molecule has 1 aromatic heterocycles. The van der Waals surface area contributed by atoms with Crippen LogP contribution >= 0.6 is 11.3 Å². The molecule has 16 heavy (non-hydrogen) atoms. The largest absolute Gasteiger partial charge is 0.378 e. The molecule has 3 nitrogen and oxygen atoms in total. The summed E-state index contributed by atoms with van der Waals surface area (Å²) in [6, 6.07) is 0. The Labute approximate surface area is 101 Å². The molecule has 1 saturated heterocycles. The molecule has 0 bridgehead atoms. The Bertz CT molecular complexity index is 358. The molecule has 0 amide bonds. The van der Waals surface area contributed by atoms with Crippen molar-refractivity contribution in [2.45, 2.75) is 51.7 Å². The minimum absolute atomic E-state index is 0.261. The third-order valence-corrected chi connectivity index (χ3v) is 4.70. The van der Waals surface area contributed by atoms with Crippen molar-refractivity contribution < 1.29 is 4.74 Å². The molecule has 0 saturated carbocycles. The van der Waals surface area contributed by atoms with E-state index < -0.39 is 0 Å². The van der Waals surface area contributed by atoms with Gasteiger partial charge in [-0.3, -0.25) is 0 Å². The van der Waals surface area contributed by atoms with Crippen molar-refractivity contribution >= 4 is 11.3 Å². The van der Waals surface area contributed by atoms with Crippen LogP contribution in [0.4, 0.5) is 0 Å². The molecule has 2 N–H and O–H groups in total. The highest BCUT2D eigenvalue weighted by Gasteiger charge is 2.37. The van der Waals surface area contributed by atoms with Gasteiger partial charge in [0.05, 0.1) is 17.3 Å². The van der Waals surface area contributed by atoms with Gasteiger partial charge in [-0.1, -0.05) is 6.92 Å². The molecule has 2 heterocycles. The fraction of sp³-hybridized carbons (Fsp3) is 0.750. The first-order valence-electron chi connectivity index (χ1n) is 5.90. The third kappa shape index (κ3) is 2.14. The van der Waals surface area contributed by atoms with E-state index in [1.807, 2.05) is 0 Å². The highest BCUT2D eigenvalue weighted by Crippen LogP contribution is 2.36. The second kappa shape index (κ2) is 4.43. The number of rotatable bonds is 2. The van der Waals surface area contributed by atoms with Gasteiger partial charge in [0, 0.05) is 11.5 Å². The number of hydrogen-bond donors (Lipinski definition) is 1. The molecule has 0 aromatic carbocycles. The summed E-state index contributed by atoms with van der Waals surface area (Å²) in [5, 5.41) is 1.09. The van der Waals surface area contributed by atoms with Crippen LogP contribution in [0.5, 0.6) is 0 Å². The average molecular weight is 240 g/mol. The van der Waals surface area contributed by atoms with E-state index >= 15 is 0 Å². The first-order valence-corrected chi connectivity index (χ1v) is 6.72. The summed E-state index contributed by atoms with van der Waals surface area (Å²) in [6.07, 6.45) is 3.11. The summed E-state index contributed by atoms with van der Waals surface area (Å²) in [5.74, 6) is 0. The molecule has 90 valence electrons. The Morgan fingerprint density at radius 2 is 2.31 bits per heavy atom. The smallest absolute Gasteiger partial charge is 0.113 e. The van der Waals surface area contributed by atoms with Gasteiger partial charge in [0.25, 0.3) is 0 Å². The maximum Gasteiger partial charge on any atom is 0.113 e. The Balaban J connectivity index is 2.23. The van der Waals surface area contributed by atoms with Gasteiger partial charge in [-0.15, -0.1) is 11.3 Å². The number of nitrogens with zero attached hydrogens (tertiary/aromatic N) is 1. The highest BCUT2D eigenvalue weighted by molar-refractivity contribution is 7.11. The molecule has 0 aliphatic carbocycles. The summed E-state index contributed by atoms with van der Waals surface area (Å²) < 4.78 is 5.68. The molecular formula is C12H20N2OS. The average Bonchev–Trinajstić information content (AvgIpc) is 2.60. The van der Waals surface area contributed by atoms with Crippen molar-refractivity contribution in [2.24, 2.45) is 5.73 Å². The van der Waals surface area contributed by atoms with E-state index in [4.69, 9.17) is 10.5 Å². The summed E-state index contributed by atoms with van der Waals surface area (Å²) >= 11 is 1.74. The molecule has 0 spiro atoms. The molecule has 1 aliphatic rings. The number of thiazole rings is 1. The van der Waals surface area contributed by atoms with Crippen LogP contribution in [0.1, 0.15) is 41.8 Å². The molecule has 1 aromatic rings. The fourth-order valence-electron chi connectivity index (χ4n) is 2.12. The van der Waals surface area contributed by atoms with E-state index in [0.717, 1.165) is 36.6 Å². The van der Waals surface area contributed by atoms with E-state index in [0.29, 0.717) is 6.10 Å². The number of aryl methyl sites for hydroxylation is 2. The topological polar surface area (TPSA) is 48.1 Å². The molecule has 2 rings (SSSR count). The first kappa shape index (κ1) is 12.0. The van der Waals surface area contributed by atoms with Crippen molar-refractivity contribution in [3.63, 3.8) is 0 Å². The van der Waals surface area contributed by atoms with Crippen molar-refractivity contribution in [1.82, 2.24) is 4.98 Å². The molecule has 1 aliphatic heterocycles. The predicted molar refractivity (Wildman–Crippen MR) is 66.7 cm³/mol. The number of aromatic nitrogens is 1. The van der Waals surface area contributed by atoms with Crippen LogP contribution in [0.2, 0.25) is 0 Å². The van der Waals surface area contributed by atoms with Crippen molar-refractivity contribution in [1.29, 1.82) is 0 Å². The molecule has 2 unspecified atom stereocenters. The lowest BCUT2D eigenvalue weighted by Gasteiger charge is -2.36. The summed E-state index contributed by atoms with van der Waals surface area (Å²) in [5.41, 5.74) is 7.35. The molecule has 1 fully saturated rings. The second-order valence-electron chi connectivity index (χ2n) is 4.67. The van der Waals surface area contributed by atoms with Crippen LogP contribution in [0.15, 0.2) is 0 Å². The maximum atomic E-state index is 6.50. The quantitative estimate of drug-likeness (QED) is 0.864. The van der Waals surface area contributed by atoms with Crippen molar-refractivity contribution in [3.05, 3.63) is 15.6 Å². The zero-order valence-corrected chi connectivity index (χ0v) is 11.1. The van der Waals surface area contributed by atoms with E-state index in [1.165, 1.54) is 4.88 Å². The standard InChI is InChI=1S/C12H20N2OS/c1-4-10-7-12(13,5-6-15-10)11-14-8(2)9(3)16-11/h10H,4-7,13H2,1-3H3. The van der Waals surface area contributed by atoms with Crippen LogP contribution in [0, 0.1) is 13.8 Å². The van der Waals surface area contributed by atoms with Gasteiger partial charge < -0.3 is 10.5 Å². The number of nitrogens with two attached hydrogens (primary N) is 1. The van der Waals surface area contributed by atoms with Gasteiger partial charge >= 0.3 is 0 Å². The monoisotopic (exact) mass is 240 g/mol. The van der Waals surface area contributed by atoms with Crippen LogP contribution in [0.25, 0.3) is 0 Å². The van der Waals surface area contributed by atoms with Gasteiger partial charge in [-0.2, -0.15) is 0 Å². The SMILES string of the molecule is CCC1CC(N)(c2nc(C)c(C)s2)CCO1. The van der Waals surface area contributed by atoms with Crippen LogP contribution in [-0.2, 0) is 10.3 Å².